The van der Waals surface area contributed by atoms with Gasteiger partial charge in [-0.1, -0.05) is 0 Å². The van der Waals surface area contributed by atoms with E-state index < -0.39 is 24.6 Å². The highest BCUT2D eigenvalue weighted by atomic mass is 19.1. The number of aliphatic carboxylic acids is 1. The molecule has 2 aromatic rings. The molecule has 1 aromatic carbocycles. The number of hydrogen-bond donors (Lipinski definition) is 2. The Morgan fingerprint density at radius 2 is 1.95 bits per heavy atom. The van der Waals surface area contributed by atoms with Crippen LogP contribution in [0.1, 0.15) is 21.7 Å². The summed E-state index contributed by atoms with van der Waals surface area (Å²) in [6.07, 6.45) is 0. The van der Waals surface area contributed by atoms with Crippen molar-refractivity contribution in [3.8, 4) is 0 Å². The summed E-state index contributed by atoms with van der Waals surface area (Å²) >= 11 is 0. The highest BCUT2D eigenvalue weighted by Gasteiger charge is 2.22. The second-order valence-corrected chi connectivity index (χ2v) is 4.60. The second-order valence-electron chi connectivity index (χ2n) is 4.60. The molecule has 2 rings (SSSR count). The van der Waals surface area contributed by atoms with Gasteiger partial charge in [0.2, 0.25) is 0 Å². The molecular weight excluding hydrogens is 265 g/mol. The molecular formula is C14H14FNO4. The average molecular weight is 279 g/mol. The topological polar surface area (TPSA) is 79.5 Å². The summed E-state index contributed by atoms with van der Waals surface area (Å²) < 4.78 is 17.8. The normalized spacial score (nSPS) is 12.3. The average Bonchev–Trinajstić information content (AvgIpc) is 2.78. The van der Waals surface area contributed by atoms with Gasteiger partial charge >= 0.3 is 5.97 Å². The van der Waals surface area contributed by atoms with Crippen LogP contribution in [0.3, 0.4) is 0 Å². The molecule has 6 heteroatoms. The van der Waals surface area contributed by atoms with Crippen molar-refractivity contribution in [1.29, 1.82) is 0 Å². The molecule has 0 fully saturated rings. The van der Waals surface area contributed by atoms with Crippen molar-refractivity contribution in [2.45, 2.75) is 19.9 Å². The summed E-state index contributed by atoms with van der Waals surface area (Å²) in [6, 6.07) is 3.60. The predicted octanol–water partition coefficient (Wildman–Crippen LogP) is 2.20. The Hall–Kier alpha value is -2.37. The van der Waals surface area contributed by atoms with Gasteiger partial charge in [0.05, 0.1) is 0 Å². The van der Waals surface area contributed by atoms with Crippen molar-refractivity contribution in [2.75, 3.05) is 6.67 Å². The van der Waals surface area contributed by atoms with Crippen LogP contribution in [0.5, 0.6) is 0 Å². The molecule has 0 spiro atoms. The quantitative estimate of drug-likeness (QED) is 0.899. The number of nitrogens with one attached hydrogen (secondary N) is 1. The van der Waals surface area contributed by atoms with Gasteiger partial charge in [-0.05, 0) is 43.2 Å². The fraction of sp³-hybridized carbons (Fsp3) is 0.286. The van der Waals surface area contributed by atoms with E-state index in [4.69, 9.17) is 9.52 Å². The monoisotopic (exact) mass is 279 g/mol. The molecule has 20 heavy (non-hydrogen) atoms. The van der Waals surface area contributed by atoms with Gasteiger partial charge in [-0.3, -0.25) is 4.79 Å². The first-order chi connectivity index (χ1) is 9.42. The molecule has 1 atom stereocenters. The Morgan fingerprint density at radius 1 is 1.30 bits per heavy atom. The van der Waals surface area contributed by atoms with Crippen molar-refractivity contribution >= 4 is 22.8 Å². The molecule has 0 aliphatic rings. The first-order valence-electron chi connectivity index (χ1n) is 6.03. The van der Waals surface area contributed by atoms with Gasteiger partial charge in [-0.15, -0.1) is 0 Å². The van der Waals surface area contributed by atoms with Gasteiger partial charge in [-0.25, -0.2) is 9.18 Å². The lowest BCUT2D eigenvalue weighted by atomic mass is 10.1. The number of fused-ring (bicyclic) bond motifs is 1. The molecule has 0 bridgehead atoms. The largest absolute Gasteiger partial charge is 0.480 e. The molecule has 106 valence electrons. The van der Waals surface area contributed by atoms with Crippen LogP contribution in [0.4, 0.5) is 4.39 Å². The Morgan fingerprint density at radius 3 is 2.55 bits per heavy atom. The van der Waals surface area contributed by atoms with Gasteiger partial charge in [0.25, 0.3) is 5.91 Å². The minimum atomic E-state index is -1.57. The number of carbonyl (C=O) groups excluding carboxylic acids is 1. The summed E-state index contributed by atoms with van der Waals surface area (Å²) in [4.78, 5) is 22.5. The van der Waals surface area contributed by atoms with Crippen molar-refractivity contribution in [1.82, 2.24) is 5.32 Å². The van der Waals surface area contributed by atoms with E-state index in [1.165, 1.54) is 6.07 Å². The van der Waals surface area contributed by atoms with Crippen LogP contribution < -0.4 is 5.32 Å². The van der Waals surface area contributed by atoms with Crippen LogP contribution in [0.2, 0.25) is 0 Å². The highest BCUT2D eigenvalue weighted by molar-refractivity contribution is 5.98. The number of amides is 1. The number of furan rings is 1. The third-order valence-corrected chi connectivity index (χ3v) is 3.11. The third-order valence-electron chi connectivity index (χ3n) is 3.11. The standard InChI is InChI=1S/C14H14FNO4/c1-7-3-9-5-12(20-11(9)4-8(7)2)13(17)16-10(6-15)14(18)19/h3-5,10H,6H2,1-2H3,(H,16,17)(H,18,19). The molecule has 5 nitrogen and oxygen atoms in total. The van der Waals surface area contributed by atoms with Crippen LogP contribution in [-0.4, -0.2) is 29.7 Å². The van der Waals surface area contributed by atoms with Gasteiger partial charge in [-0.2, -0.15) is 0 Å². The Kier molecular flexibility index (Phi) is 3.74. The summed E-state index contributed by atoms with van der Waals surface area (Å²) in [5.41, 5.74) is 2.61. The Balaban J connectivity index is 2.29. The van der Waals surface area contributed by atoms with E-state index in [1.807, 2.05) is 19.9 Å². The molecule has 0 radical (unpaired) electrons. The SMILES string of the molecule is Cc1cc2cc(C(=O)NC(CF)C(=O)O)oc2cc1C. The predicted molar refractivity (Wildman–Crippen MR) is 70.6 cm³/mol. The zero-order chi connectivity index (χ0) is 14.9. The molecule has 0 saturated heterocycles. The number of carboxylic acids is 1. The lowest BCUT2D eigenvalue weighted by Crippen LogP contribution is -2.42. The fourth-order valence-corrected chi connectivity index (χ4v) is 1.81. The highest BCUT2D eigenvalue weighted by Crippen LogP contribution is 2.23. The van der Waals surface area contributed by atoms with E-state index >= 15 is 0 Å². The van der Waals surface area contributed by atoms with Crippen molar-refractivity contribution < 1.29 is 23.5 Å². The van der Waals surface area contributed by atoms with Gasteiger partial charge < -0.3 is 14.8 Å². The van der Waals surface area contributed by atoms with E-state index in [0.717, 1.165) is 16.5 Å². The van der Waals surface area contributed by atoms with Crippen LogP contribution in [0, 0.1) is 13.8 Å². The molecule has 0 saturated carbocycles. The number of rotatable bonds is 4. The maximum absolute atomic E-state index is 12.5. The molecule has 2 N–H and O–H groups in total. The minimum absolute atomic E-state index is 0.0373. The fourth-order valence-electron chi connectivity index (χ4n) is 1.81. The van der Waals surface area contributed by atoms with Crippen molar-refractivity contribution in [3.63, 3.8) is 0 Å². The second kappa shape index (κ2) is 5.32. The van der Waals surface area contributed by atoms with Crippen molar-refractivity contribution in [3.05, 3.63) is 35.1 Å². The molecule has 1 amide bonds. The van der Waals surface area contributed by atoms with Gasteiger partial charge in [0.1, 0.15) is 12.3 Å². The lowest BCUT2D eigenvalue weighted by molar-refractivity contribution is -0.139. The number of hydrogen-bond acceptors (Lipinski definition) is 3. The van der Waals surface area contributed by atoms with Crippen molar-refractivity contribution in [2.24, 2.45) is 0 Å². The van der Waals surface area contributed by atoms with E-state index in [9.17, 15) is 14.0 Å². The molecule has 1 unspecified atom stereocenters. The zero-order valence-corrected chi connectivity index (χ0v) is 11.1. The first kappa shape index (κ1) is 14.0. The van der Waals surface area contributed by atoms with Crippen LogP contribution in [0.25, 0.3) is 11.0 Å². The van der Waals surface area contributed by atoms with Crippen LogP contribution >= 0.6 is 0 Å². The van der Waals surface area contributed by atoms with Crippen LogP contribution in [0.15, 0.2) is 22.6 Å². The smallest absolute Gasteiger partial charge is 0.328 e. The number of carbonyl (C=O) groups is 2. The summed E-state index contributed by atoms with van der Waals surface area (Å²) in [5.74, 6) is -2.21. The number of benzene rings is 1. The van der Waals surface area contributed by atoms with Gasteiger partial charge in [0.15, 0.2) is 11.8 Å². The number of halogens is 1. The summed E-state index contributed by atoms with van der Waals surface area (Å²) in [7, 11) is 0. The zero-order valence-electron chi connectivity index (χ0n) is 11.1. The summed E-state index contributed by atoms with van der Waals surface area (Å²) in [5, 5.41) is 11.5. The van der Waals surface area contributed by atoms with E-state index in [-0.39, 0.29) is 5.76 Å². The van der Waals surface area contributed by atoms with E-state index in [1.54, 1.807) is 6.07 Å². The molecule has 1 heterocycles. The Bertz CT molecular complexity index is 638. The summed E-state index contributed by atoms with van der Waals surface area (Å²) in [6.45, 7) is 2.67. The first-order valence-corrected chi connectivity index (χ1v) is 6.03. The van der Waals surface area contributed by atoms with E-state index in [0.29, 0.717) is 5.58 Å². The molecule has 1 aromatic heterocycles. The lowest BCUT2D eigenvalue weighted by Gasteiger charge is -2.08. The maximum atomic E-state index is 12.5. The van der Waals surface area contributed by atoms with E-state index in [2.05, 4.69) is 5.32 Å². The minimum Gasteiger partial charge on any atom is -0.480 e. The number of alkyl halides is 1. The third kappa shape index (κ3) is 2.64. The van der Waals surface area contributed by atoms with Gasteiger partial charge in [0, 0.05) is 5.39 Å². The van der Waals surface area contributed by atoms with Crippen LogP contribution in [-0.2, 0) is 4.79 Å². The number of carboxylic acid groups (broad SMARTS) is 1. The maximum Gasteiger partial charge on any atom is 0.328 e. The molecule has 0 aliphatic heterocycles. The Labute approximate surface area is 114 Å². The number of aryl methyl sites for hydroxylation is 2. The molecule has 0 aliphatic carbocycles.